The van der Waals surface area contributed by atoms with E-state index in [1.165, 1.54) is 18.2 Å². The maximum atomic E-state index is 12.7. The van der Waals surface area contributed by atoms with E-state index < -0.39 is 24.3 Å². The van der Waals surface area contributed by atoms with Gasteiger partial charge >= 0.3 is 12.4 Å². The van der Waals surface area contributed by atoms with Gasteiger partial charge in [0.25, 0.3) is 0 Å². The number of benzene rings is 1. The molecule has 0 aromatic heterocycles. The van der Waals surface area contributed by atoms with Crippen LogP contribution in [-0.2, 0) is 0 Å². The van der Waals surface area contributed by atoms with Gasteiger partial charge in [-0.1, -0.05) is 25.1 Å². The van der Waals surface area contributed by atoms with E-state index >= 15 is 0 Å². The van der Waals surface area contributed by atoms with Crippen LogP contribution in [-0.4, -0.2) is 19.0 Å². The molecule has 0 heterocycles. The quantitative estimate of drug-likeness (QED) is 0.826. The minimum Gasteiger partial charge on any atom is -0.493 e. The topological polar surface area (TPSA) is 35.2 Å². The minimum atomic E-state index is -5.49. The standard InChI is InChI=1S/C13H15F6NO/c1-2-7-21-9-6-4-3-5-8(9)10(20)11(12(14,15)16)13(17,18)19/h3-6,10-11H,2,7,20H2,1H3. The maximum Gasteiger partial charge on any atom is 0.402 e. The van der Waals surface area contributed by atoms with Crippen molar-refractivity contribution in [1.29, 1.82) is 0 Å². The van der Waals surface area contributed by atoms with Crippen LogP contribution in [0.25, 0.3) is 0 Å². The molecule has 0 bridgehead atoms. The van der Waals surface area contributed by atoms with E-state index in [0.29, 0.717) is 6.42 Å². The normalized spacial score (nSPS) is 14.3. The number of halogens is 6. The zero-order chi connectivity index (χ0) is 16.3. The fraction of sp³-hybridized carbons (Fsp3) is 0.538. The molecule has 120 valence electrons. The summed E-state index contributed by atoms with van der Waals surface area (Å²) in [6.45, 7) is 1.93. The molecule has 0 amide bonds. The van der Waals surface area contributed by atoms with Crippen molar-refractivity contribution in [3.8, 4) is 5.75 Å². The molecule has 21 heavy (non-hydrogen) atoms. The molecular weight excluding hydrogens is 300 g/mol. The van der Waals surface area contributed by atoms with Crippen molar-refractivity contribution in [3.05, 3.63) is 29.8 Å². The Bertz CT molecular complexity index is 443. The zero-order valence-electron chi connectivity index (χ0n) is 11.1. The first-order valence-corrected chi connectivity index (χ1v) is 6.19. The third-order valence-corrected chi connectivity index (χ3v) is 2.80. The molecule has 0 spiro atoms. The van der Waals surface area contributed by atoms with Crippen LogP contribution >= 0.6 is 0 Å². The van der Waals surface area contributed by atoms with Crippen LogP contribution < -0.4 is 10.5 Å². The van der Waals surface area contributed by atoms with Crippen molar-refractivity contribution in [2.45, 2.75) is 31.7 Å². The summed E-state index contributed by atoms with van der Waals surface area (Å²) < 4.78 is 81.3. The molecule has 2 nitrogen and oxygen atoms in total. The van der Waals surface area contributed by atoms with Gasteiger partial charge in [-0.05, 0) is 12.5 Å². The second-order valence-electron chi connectivity index (χ2n) is 4.47. The molecule has 1 unspecified atom stereocenters. The maximum absolute atomic E-state index is 12.7. The number of alkyl halides is 6. The van der Waals surface area contributed by atoms with E-state index in [2.05, 4.69) is 0 Å². The summed E-state index contributed by atoms with van der Waals surface area (Å²) >= 11 is 0. The van der Waals surface area contributed by atoms with Gasteiger partial charge < -0.3 is 10.5 Å². The van der Waals surface area contributed by atoms with Crippen LogP contribution in [0, 0.1) is 5.92 Å². The molecule has 2 N–H and O–H groups in total. The van der Waals surface area contributed by atoms with Crippen LogP contribution in [0.1, 0.15) is 24.9 Å². The van der Waals surface area contributed by atoms with E-state index in [9.17, 15) is 26.3 Å². The fourth-order valence-electron chi connectivity index (χ4n) is 1.87. The molecule has 1 atom stereocenters. The Balaban J connectivity index is 3.18. The van der Waals surface area contributed by atoms with Crippen molar-refractivity contribution >= 4 is 0 Å². The molecule has 1 aromatic rings. The number of hydrogen-bond donors (Lipinski definition) is 1. The highest BCUT2D eigenvalue weighted by Gasteiger charge is 2.60. The van der Waals surface area contributed by atoms with Gasteiger partial charge in [-0.25, -0.2) is 0 Å². The molecule has 8 heteroatoms. The van der Waals surface area contributed by atoms with Crippen LogP contribution in [0.4, 0.5) is 26.3 Å². The third kappa shape index (κ3) is 4.52. The SMILES string of the molecule is CCCOc1ccccc1C(N)C(C(F)(F)F)C(F)(F)F. The average molecular weight is 315 g/mol. The Morgan fingerprint density at radius 2 is 1.57 bits per heavy atom. The molecule has 0 aliphatic carbocycles. The highest BCUT2D eigenvalue weighted by atomic mass is 19.4. The number of rotatable bonds is 5. The lowest BCUT2D eigenvalue weighted by Crippen LogP contribution is -2.44. The van der Waals surface area contributed by atoms with E-state index in [-0.39, 0.29) is 17.9 Å². The van der Waals surface area contributed by atoms with Gasteiger partial charge in [-0.2, -0.15) is 26.3 Å². The van der Waals surface area contributed by atoms with Crippen molar-refractivity contribution in [2.75, 3.05) is 6.61 Å². The summed E-state index contributed by atoms with van der Waals surface area (Å²) in [7, 11) is 0. The summed E-state index contributed by atoms with van der Waals surface area (Å²) in [6.07, 6.45) is -10.4. The minimum absolute atomic E-state index is 0.0645. The average Bonchev–Trinajstić information content (AvgIpc) is 2.33. The zero-order valence-corrected chi connectivity index (χ0v) is 11.1. The molecular formula is C13H15F6NO. The summed E-state index contributed by atoms with van der Waals surface area (Å²) in [4.78, 5) is 0. The van der Waals surface area contributed by atoms with Gasteiger partial charge in [0, 0.05) is 5.56 Å². The van der Waals surface area contributed by atoms with Crippen LogP contribution in [0.2, 0.25) is 0 Å². The van der Waals surface area contributed by atoms with Gasteiger partial charge in [-0.3, -0.25) is 0 Å². The van der Waals surface area contributed by atoms with Gasteiger partial charge in [0.15, 0.2) is 5.92 Å². The van der Waals surface area contributed by atoms with Gasteiger partial charge in [0.2, 0.25) is 0 Å². The Hall–Kier alpha value is -1.44. The first-order valence-electron chi connectivity index (χ1n) is 6.19. The van der Waals surface area contributed by atoms with Crippen molar-refractivity contribution in [3.63, 3.8) is 0 Å². The molecule has 0 saturated carbocycles. The first-order chi connectivity index (χ1) is 9.59. The summed E-state index contributed by atoms with van der Waals surface area (Å²) in [5.41, 5.74) is 4.95. The Labute approximate surface area is 117 Å². The summed E-state index contributed by atoms with van der Waals surface area (Å²) in [5.74, 6) is -3.71. The largest absolute Gasteiger partial charge is 0.493 e. The van der Waals surface area contributed by atoms with E-state index in [4.69, 9.17) is 10.5 Å². The van der Waals surface area contributed by atoms with Gasteiger partial charge in [-0.15, -0.1) is 0 Å². The van der Waals surface area contributed by atoms with Crippen molar-refractivity contribution in [2.24, 2.45) is 11.7 Å². The molecule has 1 rings (SSSR count). The number of ether oxygens (including phenoxy) is 1. The Morgan fingerprint density at radius 1 is 1.05 bits per heavy atom. The first kappa shape index (κ1) is 17.6. The smallest absolute Gasteiger partial charge is 0.402 e. The van der Waals surface area contributed by atoms with Crippen LogP contribution in [0.15, 0.2) is 24.3 Å². The molecule has 0 aliphatic heterocycles. The Kier molecular flexibility index (Phi) is 5.49. The summed E-state index contributed by atoms with van der Waals surface area (Å²) in [6, 6.07) is 2.90. The third-order valence-electron chi connectivity index (χ3n) is 2.80. The highest BCUT2D eigenvalue weighted by molar-refractivity contribution is 5.36. The molecule has 0 saturated heterocycles. The van der Waals surface area contributed by atoms with Crippen LogP contribution in [0.3, 0.4) is 0 Å². The number of hydrogen-bond acceptors (Lipinski definition) is 2. The molecule has 0 aliphatic rings. The fourth-order valence-corrected chi connectivity index (χ4v) is 1.87. The van der Waals surface area contributed by atoms with Crippen molar-refractivity contribution in [1.82, 2.24) is 0 Å². The lowest BCUT2D eigenvalue weighted by Gasteiger charge is -2.29. The lowest BCUT2D eigenvalue weighted by molar-refractivity contribution is -0.290. The molecule has 1 aromatic carbocycles. The predicted molar refractivity (Wildman–Crippen MR) is 64.8 cm³/mol. The number of nitrogens with two attached hydrogens (primary N) is 1. The van der Waals surface area contributed by atoms with Crippen LogP contribution in [0.5, 0.6) is 5.75 Å². The predicted octanol–water partition coefficient (Wildman–Crippen LogP) is 4.22. The highest BCUT2D eigenvalue weighted by Crippen LogP contribution is 2.46. The lowest BCUT2D eigenvalue weighted by atomic mass is 9.92. The van der Waals surface area contributed by atoms with Gasteiger partial charge in [0.05, 0.1) is 12.6 Å². The second-order valence-corrected chi connectivity index (χ2v) is 4.47. The van der Waals surface area contributed by atoms with Gasteiger partial charge in [0.1, 0.15) is 5.75 Å². The molecule has 0 fully saturated rings. The van der Waals surface area contributed by atoms with E-state index in [0.717, 1.165) is 6.07 Å². The summed E-state index contributed by atoms with van der Waals surface area (Å²) in [5, 5.41) is 0. The Morgan fingerprint density at radius 3 is 2.05 bits per heavy atom. The van der Waals surface area contributed by atoms with E-state index in [1.54, 1.807) is 6.92 Å². The monoisotopic (exact) mass is 315 g/mol. The number of para-hydroxylation sites is 1. The van der Waals surface area contributed by atoms with Crippen molar-refractivity contribution < 1.29 is 31.1 Å². The molecule has 0 radical (unpaired) electrons. The second kappa shape index (κ2) is 6.55. The van der Waals surface area contributed by atoms with E-state index in [1.807, 2.05) is 0 Å².